The Morgan fingerprint density at radius 1 is 0.306 bits per heavy atom. The number of hydrogen-bond donors (Lipinski definition) is 0. The van der Waals surface area contributed by atoms with Crippen LogP contribution in [0.25, 0.3) is 112 Å². The number of nitriles is 2. The molecule has 0 bridgehead atoms. The van der Waals surface area contributed by atoms with Gasteiger partial charge in [-0.05, 0) is 102 Å². The van der Waals surface area contributed by atoms with Crippen molar-refractivity contribution < 1.29 is 0 Å². The molecule has 0 fully saturated rings. The Morgan fingerprint density at radius 3 is 1.52 bits per heavy atom. The van der Waals surface area contributed by atoms with E-state index in [9.17, 15) is 10.5 Å². The van der Waals surface area contributed by atoms with Crippen LogP contribution in [0.2, 0.25) is 0 Å². The minimum atomic E-state index is 0.516. The largest absolute Gasteiger partial charge is 0.208 e. The number of nitrogens with zero attached hydrogens (tertiary/aromatic N) is 5. The molecule has 0 spiro atoms. The van der Waals surface area contributed by atoms with Gasteiger partial charge in [-0.1, -0.05) is 176 Å². The van der Waals surface area contributed by atoms with Gasteiger partial charge in [-0.2, -0.15) is 10.5 Å². The van der Waals surface area contributed by atoms with E-state index >= 15 is 0 Å². The van der Waals surface area contributed by atoms with Crippen molar-refractivity contribution in [3.05, 3.63) is 211 Å². The molecule has 0 amide bonds. The summed E-state index contributed by atoms with van der Waals surface area (Å²) in [7, 11) is 0. The second kappa shape index (κ2) is 15.1. The van der Waals surface area contributed by atoms with E-state index < -0.39 is 0 Å². The Bertz CT molecular complexity index is 3480. The summed E-state index contributed by atoms with van der Waals surface area (Å²) in [6, 6.07) is 72.6. The number of aromatic nitrogens is 3. The second-order valence-corrected chi connectivity index (χ2v) is 15.3. The molecular formula is C57H33N5. The van der Waals surface area contributed by atoms with Crippen LogP contribution in [0.5, 0.6) is 0 Å². The lowest BCUT2D eigenvalue weighted by molar-refractivity contribution is 1.07. The van der Waals surface area contributed by atoms with E-state index in [1.54, 1.807) is 0 Å². The summed E-state index contributed by atoms with van der Waals surface area (Å²) in [4.78, 5) is 15.3. The number of rotatable bonds is 7. The number of benzene rings is 9. The SMILES string of the molecule is N#Cc1ccc(-c2ccccc2-c2nc(-c3ccccc3)nc(-c3ccccc3-c3ccc(-c4cccc(-c5ccc6cccc7c6c5-c5ccccc5-7)c4)c(C#N)c3)n2)cc1. The van der Waals surface area contributed by atoms with Crippen LogP contribution < -0.4 is 0 Å². The molecule has 5 heteroatoms. The summed E-state index contributed by atoms with van der Waals surface area (Å²) in [5.41, 5.74) is 16.5. The molecule has 9 aromatic carbocycles. The second-order valence-electron chi connectivity index (χ2n) is 15.3. The summed E-state index contributed by atoms with van der Waals surface area (Å²) >= 11 is 0. The highest BCUT2D eigenvalue weighted by Gasteiger charge is 2.25. The van der Waals surface area contributed by atoms with Crippen LogP contribution in [0.3, 0.4) is 0 Å². The van der Waals surface area contributed by atoms with E-state index in [1.165, 1.54) is 38.6 Å². The molecule has 0 saturated heterocycles. The highest BCUT2D eigenvalue weighted by atomic mass is 15.0. The zero-order valence-electron chi connectivity index (χ0n) is 33.3. The van der Waals surface area contributed by atoms with E-state index in [0.717, 1.165) is 55.6 Å². The summed E-state index contributed by atoms with van der Waals surface area (Å²) in [6.07, 6.45) is 0. The summed E-state index contributed by atoms with van der Waals surface area (Å²) in [5, 5.41) is 22.7. The first-order chi connectivity index (χ1) is 30.6. The van der Waals surface area contributed by atoms with E-state index in [1.807, 2.05) is 103 Å². The summed E-state index contributed by atoms with van der Waals surface area (Å²) < 4.78 is 0. The van der Waals surface area contributed by atoms with Crippen LogP contribution in [-0.2, 0) is 0 Å². The summed E-state index contributed by atoms with van der Waals surface area (Å²) in [6.45, 7) is 0. The van der Waals surface area contributed by atoms with E-state index in [-0.39, 0.29) is 0 Å². The van der Waals surface area contributed by atoms with Gasteiger partial charge in [0, 0.05) is 16.7 Å². The normalized spacial score (nSPS) is 11.2. The van der Waals surface area contributed by atoms with Crippen LogP contribution in [0.1, 0.15) is 11.1 Å². The molecule has 10 aromatic rings. The number of hydrogen-bond acceptors (Lipinski definition) is 5. The third-order valence-electron chi connectivity index (χ3n) is 11.8. The minimum absolute atomic E-state index is 0.516. The van der Waals surface area contributed by atoms with E-state index in [0.29, 0.717) is 28.6 Å². The van der Waals surface area contributed by atoms with E-state index in [4.69, 9.17) is 15.0 Å². The fourth-order valence-electron chi connectivity index (χ4n) is 8.89. The van der Waals surface area contributed by atoms with Crippen molar-refractivity contribution in [2.75, 3.05) is 0 Å². The fraction of sp³-hybridized carbons (Fsp3) is 0. The molecule has 62 heavy (non-hydrogen) atoms. The van der Waals surface area contributed by atoms with Crippen molar-refractivity contribution in [3.8, 4) is 113 Å². The zero-order chi connectivity index (χ0) is 41.6. The lowest BCUT2D eigenvalue weighted by Gasteiger charge is -2.15. The van der Waals surface area contributed by atoms with Crippen molar-refractivity contribution in [2.45, 2.75) is 0 Å². The molecule has 1 aliphatic carbocycles. The predicted octanol–water partition coefficient (Wildman–Crippen LogP) is 14.1. The Kier molecular flexibility index (Phi) is 8.85. The van der Waals surface area contributed by atoms with Gasteiger partial charge in [-0.25, -0.2) is 15.0 Å². The van der Waals surface area contributed by atoms with Gasteiger partial charge in [0.2, 0.25) is 0 Å². The Labute approximate surface area is 359 Å². The smallest absolute Gasteiger partial charge is 0.164 e. The molecular weight excluding hydrogens is 755 g/mol. The van der Waals surface area contributed by atoms with Crippen molar-refractivity contribution in [1.29, 1.82) is 10.5 Å². The topological polar surface area (TPSA) is 86.2 Å². The summed E-state index contributed by atoms with van der Waals surface area (Å²) in [5.74, 6) is 1.59. The Balaban J connectivity index is 1.01. The van der Waals surface area contributed by atoms with Gasteiger partial charge in [0.25, 0.3) is 0 Å². The molecule has 11 rings (SSSR count). The lowest BCUT2D eigenvalue weighted by atomic mass is 9.89. The molecule has 0 aliphatic heterocycles. The van der Waals surface area contributed by atoms with Crippen molar-refractivity contribution >= 4 is 10.8 Å². The molecule has 0 unspecified atom stereocenters. The molecule has 1 aliphatic rings. The molecule has 286 valence electrons. The predicted molar refractivity (Wildman–Crippen MR) is 249 cm³/mol. The van der Waals surface area contributed by atoms with Gasteiger partial charge in [0.15, 0.2) is 17.5 Å². The monoisotopic (exact) mass is 787 g/mol. The Morgan fingerprint density at radius 2 is 0.823 bits per heavy atom. The maximum Gasteiger partial charge on any atom is 0.164 e. The average molecular weight is 788 g/mol. The molecule has 0 saturated carbocycles. The van der Waals surface area contributed by atoms with Crippen molar-refractivity contribution in [2.24, 2.45) is 0 Å². The zero-order valence-corrected chi connectivity index (χ0v) is 33.3. The van der Waals surface area contributed by atoms with Gasteiger partial charge in [-0.15, -0.1) is 0 Å². The van der Waals surface area contributed by atoms with Gasteiger partial charge >= 0.3 is 0 Å². The first-order valence-electron chi connectivity index (χ1n) is 20.5. The quantitative estimate of drug-likeness (QED) is 0.161. The first-order valence-corrected chi connectivity index (χ1v) is 20.5. The first kappa shape index (κ1) is 36.3. The van der Waals surface area contributed by atoms with Crippen LogP contribution in [0.15, 0.2) is 200 Å². The molecule has 1 aromatic heterocycles. The molecule has 5 nitrogen and oxygen atoms in total. The van der Waals surface area contributed by atoms with Crippen molar-refractivity contribution in [1.82, 2.24) is 15.0 Å². The van der Waals surface area contributed by atoms with Gasteiger partial charge in [-0.3, -0.25) is 0 Å². The molecule has 0 N–H and O–H groups in total. The van der Waals surface area contributed by atoms with Gasteiger partial charge in [0.05, 0.1) is 23.3 Å². The van der Waals surface area contributed by atoms with E-state index in [2.05, 4.69) is 109 Å². The van der Waals surface area contributed by atoms with Gasteiger partial charge < -0.3 is 0 Å². The van der Waals surface area contributed by atoms with Crippen LogP contribution in [0, 0.1) is 22.7 Å². The third kappa shape index (κ3) is 6.21. The van der Waals surface area contributed by atoms with Crippen LogP contribution in [0.4, 0.5) is 0 Å². The Hall–Kier alpha value is -8.77. The molecule has 1 heterocycles. The maximum atomic E-state index is 10.7. The number of fused-ring (bicyclic) bond motifs is 3. The lowest BCUT2D eigenvalue weighted by Crippen LogP contribution is -2.02. The van der Waals surface area contributed by atoms with Crippen LogP contribution in [-0.4, -0.2) is 15.0 Å². The minimum Gasteiger partial charge on any atom is -0.208 e. The van der Waals surface area contributed by atoms with Gasteiger partial charge in [0.1, 0.15) is 0 Å². The molecule has 0 atom stereocenters. The fourth-order valence-corrected chi connectivity index (χ4v) is 8.89. The maximum absolute atomic E-state index is 10.7. The average Bonchev–Trinajstić information content (AvgIpc) is 3.69. The third-order valence-corrected chi connectivity index (χ3v) is 11.8. The van der Waals surface area contributed by atoms with Crippen LogP contribution >= 0.6 is 0 Å². The highest BCUT2D eigenvalue weighted by molar-refractivity contribution is 6.19. The molecule has 0 radical (unpaired) electrons. The highest BCUT2D eigenvalue weighted by Crippen LogP contribution is 2.51. The standard InChI is InChI=1S/C57H33N5/c58-34-36-24-26-37(27-25-36)45-17-4-8-21-51(45)56-60-55(39-12-2-1-3-13-39)61-57(62-56)52-22-9-5-18-46(52)42-29-30-44(43(33-42)35-59)40-15-10-16-41(32-40)47-31-28-38-14-11-23-49-48-19-6-7-20-50(48)54(47)53(38)49/h1-33H. The van der Waals surface area contributed by atoms with Crippen molar-refractivity contribution in [3.63, 3.8) is 0 Å².